The van der Waals surface area contributed by atoms with Crippen LogP contribution in [0.25, 0.3) is 5.82 Å². The van der Waals surface area contributed by atoms with E-state index in [0.717, 1.165) is 49.6 Å². The summed E-state index contributed by atoms with van der Waals surface area (Å²) >= 11 is 0. The van der Waals surface area contributed by atoms with Crippen LogP contribution in [0.2, 0.25) is 0 Å². The highest BCUT2D eigenvalue weighted by Crippen LogP contribution is 2.27. The molecule has 1 fully saturated rings. The van der Waals surface area contributed by atoms with Crippen LogP contribution < -0.4 is 15.5 Å². The van der Waals surface area contributed by atoms with Gasteiger partial charge in [0.05, 0.1) is 11.4 Å². The Kier molecular flexibility index (Phi) is 6.40. The van der Waals surface area contributed by atoms with Crippen molar-refractivity contribution in [1.82, 2.24) is 30.0 Å². The van der Waals surface area contributed by atoms with Gasteiger partial charge in [0.1, 0.15) is 12.1 Å². The van der Waals surface area contributed by atoms with Gasteiger partial charge >= 0.3 is 6.03 Å². The molecule has 4 rings (SSSR count). The summed E-state index contributed by atoms with van der Waals surface area (Å²) in [6.07, 6.45) is 8.23. The molecule has 0 unspecified atom stereocenters. The van der Waals surface area contributed by atoms with E-state index in [1.807, 2.05) is 31.3 Å². The van der Waals surface area contributed by atoms with Crippen LogP contribution in [0, 0.1) is 12.8 Å². The van der Waals surface area contributed by atoms with Crippen LogP contribution in [-0.2, 0) is 6.42 Å². The third-order valence-electron chi connectivity index (χ3n) is 5.54. The second kappa shape index (κ2) is 9.55. The summed E-state index contributed by atoms with van der Waals surface area (Å²) < 4.78 is 1.78. The largest absolute Gasteiger partial charge is 0.370 e. The number of nitrogens with one attached hydrogen (secondary N) is 2. The van der Waals surface area contributed by atoms with Crippen molar-refractivity contribution in [3.8, 4) is 5.82 Å². The number of nitrogens with zero attached hydrogens (tertiary/aromatic N) is 6. The molecule has 4 heterocycles. The summed E-state index contributed by atoms with van der Waals surface area (Å²) in [7, 11) is 0. The number of amides is 2. The number of urea groups is 1. The number of carbonyl (C=O) groups excluding carboxylic acids is 1. The van der Waals surface area contributed by atoms with Gasteiger partial charge in [0.25, 0.3) is 0 Å². The first-order chi connectivity index (χ1) is 15.1. The topological polar surface area (TPSA) is 101 Å². The van der Waals surface area contributed by atoms with E-state index >= 15 is 0 Å². The molecule has 1 aliphatic rings. The van der Waals surface area contributed by atoms with Crippen LogP contribution in [0.1, 0.15) is 31.2 Å². The Morgan fingerprint density at radius 1 is 1.23 bits per heavy atom. The molecule has 9 nitrogen and oxygen atoms in total. The van der Waals surface area contributed by atoms with Crippen LogP contribution in [0.5, 0.6) is 0 Å². The minimum absolute atomic E-state index is 0.247. The maximum absolute atomic E-state index is 11.7. The fourth-order valence-corrected chi connectivity index (χ4v) is 3.98. The van der Waals surface area contributed by atoms with Crippen molar-refractivity contribution >= 4 is 17.5 Å². The first kappa shape index (κ1) is 20.8. The molecular formula is C22H28N8O. The van der Waals surface area contributed by atoms with Crippen LogP contribution in [0.4, 0.5) is 16.3 Å². The van der Waals surface area contributed by atoms with Crippen LogP contribution in [0.3, 0.4) is 0 Å². The number of hydrogen-bond donors (Lipinski definition) is 2. The molecule has 2 amide bonds. The van der Waals surface area contributed by atoms with Gasteiger partial charge in [-0.05, 0) is 57.2 Å². The number of rotatable bonds is 6. The van der Waals surface area contributed by atoms with Crippen LogP contribution >= 0.6 is 0 Å². The Labute approximate surface area is 181 Å². The quantitative estimate of drug-likeness (QED) is 0.636. The molecule has 0 saturated carbocycles. The molecule has 0 atom stereocenters. The molecule has 0 spiro atoms. The maximum atomic E-state index is 11.7. The van der Waals surface area contributed by atoms with Crippen molar-refractivity contribution in [1.29, 1.82) is 0 Å². The maximum Gasteiger partial charge on any atom is 0.320 e. The van der Waals surface area contributed by atoms with E-state index < -0.39 is 0 Å². The predicted molar refractivity (Wildman–Crippen MR) is 119 cm³/mol. The molecule has 0 bridgehead atoms. The molecule has 2 N–H and O–H groups in total. The van der Waals surface area contributed by atoms with Crippen LogP contribution in [0.15, 0.2) is 43.0 Å². The summed E-state index contributed by atoms with van der Waals surface area (Å²) in [4.78, 5) is 27.4. The third kappa shape index (κ3) is 5.17. The Morgan fingerprint density at radius 3 is 2.77 bits per heavy atom. The lowest BCUT2D eigenvalue weighted by Gasteiger charge is -2.34. The zero-order chi connectivity index (χ0) is 21.6. The van der Waals surface area contributed by atoms with Crippen LogP contribution in [-0.4, -0.2) is 50.4 Å². The SMILES string of the molecule is CCNC(=O)Nc1cc(CC2CCN(c3ccc(-n4cccn4)nc3C)CC2)ncn1. The Bertz CT molecular complexity index is 1010. The van der Waals surface area contributed by atoms with Gasteiger partial charge in [0.15, 0.2) is 5.82 Å². The monoisotopic (exact) mass is 420 g/mol. The van der Waals surface area contributed by atoms with Crippen molar-refractivity contribution in [2.24, 2.45) is 5.92 Å². The van der Waals surface area contributed by atoms with E-state index in [1.165, 1.54) is 12.0 Å². The zero-order valence-corrected chi connectivity index (χ0v) is 18.0. The molecule has 1 aliphatic heterocycles. The smallest absolute Gasteiger partial charge is 0.320 e. The molecule has 0 aromatic carbocycles. The number of aryl methyl sites for hydroxylation is 1. The van der Waals surface area contributed by atoms with E-state index in [9.17, 15) is 4.79 Å². The van der Waals surface area contributed by atoms with Crippen molar-refractivity contribution in [2.75, 3.05) is 29.9 Å². The van der Waals surface area contributed by atoms with E-state index in [4.69, 9.17) is 4.98 Å². The molecule has 0 radical (unpaired) electrons. The highest BCUT2D eigenvalue weighted by molar-refractivity contribution is 5.88. The molecule has 3 aromatic rings. The van der Waals surface area contributed by atoms with Crippen molar-refractivity contribution in [3.63, 3.8) is 0 Å². The lowest BCUT2D eigenvalue weighted by Crippen LogP contribution is -2.35. The summed E-state index contributed by atoms with van der Waals surface area (Å²) in [6, 6.07) is 7.67. The fraction of sp³-hybridized carbons (Fsp3) is 0.409. The number of anilines is 2. The van der Waals surface area contributed by atoms with Gasteiger partial charge in [0, 0.05) is 43.8 Å². The molecule has 1 saturated heterocycles. The lowest BCUT2D eigenvalue weighted by atomic mass is 9.91. The van der Waals surface area contributed by atoms with Crippen molar-refractivity contribution < 1.29 is 4.79 Å². The second-order valence-corrected chi connectivity index (χ2v) is 7.74. The van der Waals surface area contributed by atoms with E-state index in [0.29, 0.717) is 18.3 Å². The first-order valence-electron chi connectivity index (χ1n) is 10.7. The highest BCUT2D eigenvalue weighted by atomic mass is 16.2. The molecule has 0 aliphatic carbocycles. The molecule has 3 aromatic heterocycles. The second-order valence-electron chi connectivity index (χ2n) is 7.74. The van der Waals surface area contributed by atoms with Gasteiger partial charge in [-0.2, -0.15) is 5.10 Å². The number of aromatic nitrogens is 5. The summed E-state index contributed by atoms with van der Waals surface area (Å²) in [6.45, 7) is 6.48. The highest BCUT2D eigenvalue weighted by Gasteiger charge is 2.22. The minimum atomic E-state index is -0.247. The van der Waals surface area contributed by atoms with E-state index in [-0.39, 0.29) is 6.03 Å². The standard InChI is InChI=1S/C22H28N8O/c1-3-23-22(31)28-20-14-18(24-15-25-20)13-17-7-11-29(12-8-17)19-5-6-21(27-16(19)2)30-10-4-9-26-30/h4-6,9-10,14-15,17H,3,7-8,11-13H2,1-2H3,(H2,23,24,25,28,31). The molecule has 162 valence electrons. The number of piperidine rings is 1. The number of carbonyl (C=O) groups is 1. The number of pyridine rings is 1. The fourth-order valence-electron chi connectivity index (χ4n) is 3.98. The first-order valence-corrected chi connectivity index (χ1v) is 10.7. The number of hydrogen-bond acceptors (Lipinski definition) is 6. The summed E-state index contributed by atoms with van der Waals surface area (Å²) in [5, 5.41) is 9.71. The zero-order valence-electron chi connectivity index (χ0n) is 18.0. The lowest BCUT2D eigenvalue weighted by molar-refractivity contribution is 0.252. The Balaban J connectivity index is 1.33. The molecular weight excluding hydrogens is 392 g/mol. The van der Waals surface area contributed by atoms with Crippen molar-refractivity contribution in [3.05, 3.63) is 54.4 Å². The molecule has 9 heteroatoms. The van der Waals surface area contributed by atoms with E-state index in [2.05, 4.69) is 43.6 Å². The van der Waals surface area contributed by atoms with E-state index in [1.54, 1.807) is 10.9 Å². The van der Waals surface area contributed by atoms with Gasteiger partial charge in [-0.1, -0.05) is 0 Å². The molecule has 31 heavy (non-hydrogen) atoms. The van der Waals surface area contributed by atoms with Gasteiger partial charge in [-0.25, -0.2) is 24.4 Å². The summed E-state index contributed by atoms with van der Waals surface area (Å²) in [5.74, 6) is 1.93. The van der Waals surface area contributed by atoms with Gasteiger partial charge in [-0.3, -0.25) is 5.32 Å². The predicted octanol–water partition coefficient (Wildman–Crippen LogP) is 2.97. The Hall–Kier alpha value is -3.49. The summed E-state index contributed by atoms with van der Waals surface area (Å²) in [5.41, 5.74) is 3.16. The minimum Gasteiger partial charge on any atom is -0.370 e. The average molecular weight is 421 g/mol. The van der Waals surface area contributed by atoms with Gasteiger partial charge in [-0.15, -0.1) is 0 Å². The van der Waals surface area contributed by atoms with Gasteiger partial charge in [0.2, 0.25) is 0 Å². The normalized spacial score (nSPS) is 14.5. The van der Waals surface area contributed by atoms with Gasteiger partial charge < -0.3 is 10.2 Å². The Morgan fingerprint density at radius 2 is 2.06 bits per heavy atom. The average Bonchev–Trinajstić information content (AvgIpc) is 3.30. The third-order valence-corrected chi connectivity index (χ3v) is 5.54. The van der Waals surface area contributed by atoms with Crippen molar-refractivity contribution in [2.45, 2.75) is 33.1 Å².